The van der Waals surface area contributed by atoms with E-state index in [2.05, 4.69) is 42.2 Å². The van der Waals surface area contributed by atoms with Crippen LogP contribution in [0.2, 0.25) is 0 Å². The van der Waals surface area contributed by atoms with Crippen LogP contribution in [0.1, 0.15) is 63.0 Å². The zero-order valence-corrected chi connectivity index (χ0v) is 19.2. The predicted molar refractivity (Wildman–Crippen MR) is 130 cm³/mol. The van der Waals surface area contributed by atoms with Gasteiger partial charge in [0.2, 0.25) is 5.95 Å². The van der Waals surface area contributed by atoms with Crippen LogP contribution in [0.25, 0.3) is 0 Å². The summed E-state index contributed by atoms with van der Waals surface area (Å²) < 4.78 is 5.33. The lowest BCUT2D eigenvalue weighted by Crippen LogP contribution is -2.41. The minimum atomic E-state index is -0.404. The molecular formula is C25H31N7O2. The van der Waals surface area contributed by atoms with Crippen LogP contribution in [0.5, 0.6) is 5.75 Å². The Hall–Kier alpha value is -3.62. The lowest BCUT2D eigenvalue weighted by molar-refractivity contribution is 0.191. The number of nitrogens with zero attached hydrogens (tertiary/aromatic N) is 3. The van der Waals surface area contributed by atoms with Crippen molar-refractivity contribution < 1.29 is 9.53 Å². The highest BCUT2D eigenvalue weighted by molar-refractivity contribution is 5.70. The van der Waals surface area contributed by atoms with E-state index in [4.69, 9.17) is 4.74 Å². The third kappa shape index (κ3) is 5.84. The molecule has 2 fully saturated rings. The number of rotatable bonds is 7. The summed E-state index contributed by atoms with van der Waals surface area (Å²) in [5.74, 6) is 3.22. The number of H-pyrrole nitrogens is 1. The van der Waals surface area contributed by atoms with Crippen molar-refractivity contribution in [3.8, 4) is 5.75 Å². The molecule has 0 bridgehead atoms. The highest BCUT2D eigenvalue weighted by Gasteiger charge is 2.24. The lowest BCUT2D eigenvalue weighted by atomic mass is 9.91. The van der Waals surface area contributed by atoms with Crippen molar-refractivity contribution >= 4 is 23.7 Å². The first-order valence-electron chi connectivity index (χ1n) is 12.2. The Labute approximate surface area is 199 Å². The number of anilines is 3. The van der Waals surface area contributed by atoms with Gasteiger partial charge in [0.1, 0.15) is 11.6 Å². The number of ether oxygens (including phenoxy) is 1. The molecule has 3 aromatic rings. The van der Waals surface area contributed by atoms with E-state index in [1.54, 1.807) is 18.3 Å². The summed E-state index contributed by atoms with van der Waals surface area (Å²) in [6, 6.07) is 13.4. The minimum Gasteiger partial charge on any atom is -0.410 e. The number of hydrogen-bond donors (Lipinski definition) is 4. The van der Waals surface area contributed by atoms with Gasteiger partial charge < -0.3 is 20.7 Å². The summed E-state index contributed by atoms with van der Waals surface area (Å²) in [5, 5.41) is 17.3. The average Bonchev–Trinajstić information content (AvgIpc) is 3.54. The molecule has 2 heterocycles. The van der Waals surface area contributed by atoms with Crippen LogP contribution in [0.15, 0.2) is 48.7 Å². The van der Waals surface area contributed by atoms with Gasteiger partial charge in [0.25, 0.3) is 0 Å². The Morgan fingerprint density at radius 3 is 2.50 bits per heavy atom. The molecule has 5 rings (SSSR count). The van der Waals surface area contributed by atoms with Crippen LogP contribution < -0.4 is 20.7 Å². The van der Waals surface area contributed by atoms with Crippen molar-refractivity contribution in [2.75, 3.05) is 10.6 Å². The quantitative estimate of drug-likeness (QED) is 0.386. The Morgan fingerprint density at radius 1 is 0.941 bits per heavy atom. The van der Waals surface area contributed by atoms with Crippen LogP contribution in [0.3, 0.4) is 0 Å². The standard InChI is InChI=1S/C25H31N7O2/c33-25(34-20-8-2-1-3-9-20)28-19-12-10-18(11-13-19)27-24-26-15-14-22(30-24)29-23-16-21(31-32-23)17-6-4-5-7-17/h1-3,8-9,14-19H,4-7,10-13H2,(H,28,33)(H3,26,27,29,30,31,32)/t18-,19-. The number of para-hydroxylation sites is 1. The van der Waals surface area contributed by atoms with Crippen molar-refractivity contribution in [1.82, 2.24) is 25.5 Å². The molecule has 2 aromatic heterocycles. The van der Waals surface area contributed by atoms with E-state index in [0.29, 0.717) is 23.4 Å². The van der Waals surface area contributed by atoms with Crippen molar-refractivity contribution in [3.63, 3.8) is 0 Å². The van der Waals surface area contributed by atoms with Gasteiger partial charge in [-0.25, -0.2) is 9.78 Å². The largest absolute Gasteiger partial charge is 0.412 e. The van der Waals surface area contributed by atoms with Crippen LogP contribution in [0, 0.1) is 0 Å². The van der Waals surface area contributed by atoms with E-state index in [1.807, 2.05) is 24.3 Å². The summed E-state index contributed by atoms with van der Waals surface area (Å²) in [5.41, 5.74) is 1.20. The fourth-order valence-corrected chi connectivity index (χ4v) is 4.83. The van der Waals surface area contributed by atoms with Gasteiger partial charge in [-0.05, 0) is 56.7 Å². The number of amides is 1. The second-order valence-corrected chi connectivity index (χ2v) is 9.12. The second-order valence-electron chi connectivity index (χ2n) is 9.12. The summed E-state index contributed by atoms with van der Waals surface area (Å²) >= 11 is 0. The number of nitrogens with one attached hydrogen (secondary N) is 4. The molecule has 0 unspecified atom stereocenters. The lowest BCUT2D eigenvalue weighted by Gasteiger charge is -2.29. The molecule has 34 heavy (non-hydrogen) atoms. The monoisotopic (exact) mass is 461 g/mol. The SMILES string of the molecule is O=C(N[C@H]1CC[C@H](Nc2nccc(Nc3cc(C4CCCC4)[nH]n3)n2)CC1)Oc1ccccc1. The molecule has 178 valence electrons. The van der Waals surface area contributed by atoms with E-state index >= 15 is 0 Å². The van der Waals surface area contributed by atoms with Crippen molar-refractivity contribution in [2.24, 2.45) is 0 Å². The molecule has 0 spiro atoms. The zero-order valence-electron chi connectivity index (χ0n) is 19.2. The van der Waals surface area contributed by atoms with Crippen LogP contribution in [0.4, 0.5) is 22.4 Å². The first-order chi connectivity index (χ1) is 16.7. The van der Waals surface area contributed by atoms with E-state index in [1.165, 1.54) is 31.4 Å². The molecule has 0 atom stereocenters. The summed E-state index contributed by atoms with van der Waals surface area (Å²) in [6.45, 7) is 0. The van der Waals surface area contributed by atoms with Gasteiger partial charge in [-0.3, -0.25) is 5.10 Å². The fraction of sp³-hybridized carbons (Fsp3) is 0.440. The van der Waals surface area contributed by atoms with Crippen LogP contribution in [-0.4, -0.2) is 38.3 Å². The van der Waals surface area contributed by atoms with Crippen molar-refractivity contribution in [2.45, 2.75) is 69.4 Å². The first kappa shape index (κ1) is 22.2. The number of carbonyl (C=O) groups excluding carboxylic acids is 1. The minimum absolute atomic E-state index is 0.108. The number of benzene rings is 1. The third-order valence-electron chi connectivity index (χ3n) is 6.64. The second kappa shape index (κ2) is 10.5. The smallest absolute Gasteiger partial charge is 0.410 e. The van der Waals surface area contributed by atoms with Gasteiger partial charge in [0.05, 0.1) is 0 Å². The molecule has 9 heteroatoms. The summed E-state index contributed by atoms with van der Waals surface area (Å²) in [7, 11) is 0. The maximum Gasteiger partial charge on any atom is 0.412 e. The van der Waals surface area contributed by atoms with E-state index in [-0.39, 0.29) is 12.1 Å². The molecule has 2 aliphatic rings. The highest BCUT2D eigenvalue weighted by Crippen LogP contribution is 2.34. The molecule has 9 nitrogen and oxygen atoms in total. The molecule has 0 aliphatic heterocycles. The van der Waals surface area contributed by atoms with Gasteiger partial charge >= 0.3 is 6.09 Å². The van der Waals surface area contributed by atoms with Gasteiger partial charge in [-0.15, -0.1) is 0 Å². The molecule has 1 aromatic carbocycles. The average molecular weight is 462 g/mol. The number of carbonyl (C=O) groups is 1. The van der Waals surface area contributed by atoms with Gasteiger partial charge in [-0.1, -0.05) is 31.0 Å². The number of aromatic nitrogens is 4. The van der Waals surface area contributed by atoms with Crippen molar-refractivity contribution in [1.29, 1.82) is 0 Å². The van der Waals surface area contributed by atoms with Crippen LogP contribution in [-0.2, 0) is 0 Å². The fourth-order valence-electron chi connectivity index (χ4n) is 4.83. The Balaban J connectivity index is 1.08. The molecule has 4 N–H and O–H groups in total. The highest BCUT2D eigenvalue weighted by atomic mass is 16.6. The molecule has 2 aliphatic carbocycles. The summed E-state index contributed by atoms with van der Waals surface area (Å²) in [6.07, 6.45) is 9.97. The molecule has 0 saturated heterocycles. The Bertz CT molecular complexity index is 1070. The van der Waals surface area contributed by atoms with E-state index < -0.39 is 6.09 Å². The predicted octanol–water partition coefficient (Wildman–Crippen LogP) is 5.11. The summed E-state index contributed by atoms with van der Waals surface area (Å²) in [4.78, 5) is 21.1. The topological polar surface area (TPSA) is 117 Å². The van der Waals surface area contributed by atoms with Crippen LogP contribution >= 0.6 is 0 Å². The maximum atomic E-state index is 12.1. The van der Waals surface area contributed by atoms with Gasteiger partial charge in [-0.2, -0.15) is 10.1 Å². The molecule has 0 radical (unpaired) electrons. The van der Waals surface area contributed by atoms with E-state index in [0.717, 1.165) is 31.5 Å². The molecular weight excluding hydrogens is 430 g/mol. The van der Waals surface area contributed by atoms with Gasteiger partial charge in [0.15, 0.2) is 5.82 Å². The number of aromatic amines is 1. The number of hydrogen-bond acceptors (Lipinski definition) is 7. The van der Waals surface area contributed by atoms with E-state index in [9.17, 15) is 4.79 Å². The Morgan fingerprint density at radius 2 is 1.71 bits per heavy atom. The van der Waals surface area contributed by atoms with Crippen molar-refractivity contribution in [3.05, 3.63) is 54.4 Å². The first-order valence-corrected chi connectivity index (χ1v) is 12.2. The third-order valence-corrected chi connectivity index (χ3v) is 6.64. The normalized spacial score (nSPS) is 20.6. The zero-order chi connectivity index (χ0) is 23.2. The molecule has 1 amide bonds. The Kier molecular flexibility index (Phi) is 6.88. The molecule has 2 saturated carbocycles. The van der Waals surface area contributed by atoms with Gasteiger partial charge in [0, 0.05) is 36.0 Å². The maximum absolute atomic E-state index is 12.1.